The average Bonchev–Trinajstić information content (AvgIpc) is 3.25. The second kappa shape index (κ2) is 9.26. The first-order chi connectivity index (χ1) is 12.4. The average molecular weight is 500 g/mol. The lowest BCUT2D eigenvalue weighted by Crippen LogP contribution is -2.42. The third-order valence-electron chi connectivity index (χ3n) is 4.83. The van der Waals surface area contributed by atoms with Gasteiger partial charge >= 0.3 is 6.18 Å². The largest absolute Gasteiger partial charge is 0.476 e. The van der Waals surface area contributed by atoms with Crippen LogP contribution in [0.15, 0.2) is 23.3 Å². The molecule has 27 heavy (non-hydrogen) atoms. The molecular weight excluding hydrogens is 476 g/mol. The van der Waals surface area contributed by atoms with E-state index in [1.165, 1.54) is 6.07 Å². The van der Waals surface area contributed by atoms with E-state index in [1.807, 2.05) is 0 Å². The van der Waals surface area contributed by atoms with Gasteiger partial charge in [-0.25, -0.2) is 4.98 Å². The normalized spacial score (nSPS) is 22.8. The molecule has 1 spiro atoms. The smallest absolute Gasteiger partial charge is 0.417 e. The van der Waals surface area contributed by atoms with Gasteiger partial charge in [-0.2, -0.15) is 13.2 Å². The number of nitrogens with zero attached hydrogens (tertiary/aromatic N) is 3. The Balaban J connectivity index is 0.00000261. The molecule has 3 heterocycles. The van der Waals surface area contributed by atoms with Crippen molar-refractivity contribution in [2.45, 2.75) is 19.0 Å². The van der Waals surface area contributed by atoms with Crippen molar-refractivity contribution in [3.8, 4) is 5.88 Å². The number of nitrogens with one attached hydrogen (secondary N) is 1. The van der Waals surface area contributed by atoms with E-state index in [1.54, 1.807) is 7.05 Å². The second-order valence-electron chi connectivity index (χ2n) is 6.68. The minimum atomic E-state index is -4.39. The number of aromatic nitrogens is 1. The highest BCUT2D eigenvalue weighted by molar-refractivity contribution is 14.0. The number of hydrogen-bond donors (Lipinski definition) is 1. The van der Waals surface area contributed by atoms with Gasteiger partial charge in [0, 0.05) is 44.4 Å². The number of alkyl halides is 3. The first kappa shape index (κ1) is 22.0. The molecule has 1 N–H and O–H groups in total. The SMILES string of the molecule is CN=C(NCCOc1ccc(C(F)(F)F)cn1)N1CCC2(CCOC2)C1.I. The van der Waals surface area contributed by atoms with Gasteiger partial charge in [-0.05, 0) is 18.9 Å². The number of pyridine rings is 1. The van der Waals surface area contributed by atoms with Crippen LogP contribution in [-0.4, -0.2) is 62.3 Å². The molecule has 0 amide bonds. The molecule has 0 aliphatic carbocycles. The molecular formula is C17H24F3IN4O2. The maximum absolute atomic E-state index is 12.5. The first-order valence-electron chi connectivity index (χ1n) is 8.61. The van der Waals surface area contributed by atoms with Crippen molar-refractivity contribution in [3.05, 3.63) is 23.9 Å². The van der Waals surface area contributed by atoms with E-state index in [0.29, 0.717) is 6.54 Å². The molecule has 10 heteroatoms. The number of halogens is 4. The van der Waals surface area contributed by atoms with Crippen LogP contribution < -0.4 is 10.1 Å². The van der Waals surface area contributed by atoms with E-state index in [2.05, 4.69) is 20.2 Å². The quantitative estimate of drug-likeness (QED) is 0.299. The van der Waals surface area contributed by atoms with Crippen molar-refractivity contribution in [2.24, 2.45) is 10.4 Å². The van der Waals surface area contributed by atoms with Gasteiger partial charge in [0.15, 0.2) is 5.96 Å². The zero-order chi connectivity index (χ0) is 18.6. The van der Waals surface area contributed by atoms with Gasteiger partial charge in [-0.1, -0.05) is 0 Å². The van der Waals surface area contributed by atoms with E-state index < -0.39 is 11.7 Å². The fourth-order valence-corrected chi connectivity index (χ4v) is 3.37. The van der Waals surface area contributed by atoms with Crippen LogP contribution in [0, 0.1) is 5.41 Å². The molecule has 1 unspecified atom stereocenters. The Kier molecular flexibility index (Phi) is 7.55. The molecule has 1 atom stereocenters. The topological polar surface area (TPSA) is 59.0 Å². The van der Waals surface area contributed by atoms with Crippen LogP contribution in [0.5, 0.6) is 5.88 Å². The number of ether oxygens (including phenoxy) is 2. The zero-order valence-electron chi connectivity index (χ0n) is 15.1. The molecule has 1 aromatic rings. The zero-order valence-corrected chi connectivity index (χ0v) is 17.4. The number of likely N-dealkylation sites (tertiary alicyclic amines) is 1. The van der Waals surface area contributed by atoms with Crippen LogP contribution in [0.25, 0.3) is 0 Å². The number of guanidine groups is 1. The molecule has 2 saturated heterocycles. The summed E-state index contributed by atoms with van der Waals surface area (Å²) >= 11 is 0. The maximum Gasteiger partial charge on any atom is 0.417 e. The fraction of sp³-hybridized carbons (Fsp3) is 0.647. The molecule has 2 aliphatic heterocycles. The first-order valence-corrected chi connectivity index (χ1v) is 8.61. The summed E-state index contributed by atoms with van der Waals surface area (Å²) in [4.78, 5) is 10.2. The van der Waals surface area contributed by atoms with Crippen molar-refractivity contribution >= 4 is 29.9 Å². The lowest BCUT2D eigenvalue weighted by atomic mass is 9.87. The molecule has 0 saturated carbocycles. The van der Waals surface area contributed by atoms with Gasteiger partial charge in [-0.3, -0.25) is 4.99 Å². The summed E-state index contributed by atoms with van der Waals surface area (Å²) in [7, 11) is 1.73. The number of rotatable bonds is 4. The Bertz CT molecular complexity index is 634. The molecule has 0 aromatic carbocycles. The predicted octanol–water partition coefficient (Wildman–Crippen LogP) is 2.79. The lowest BCUT2D eigenvalue weighted by Gasteiger charge is -2.24. The summed E-state index contributed by atoms with van der Waals surface area (Å²) in [5.41, 5.74) is -0.541. The minimum absolute atomic E-state index is 0. The summed E-state index contributed by atoms with van der Waals surface area (Å²) < 4.78 is 48.4. The molecule has 2 fully saturated rings. The van der Waals surface area contributed by atoms with Gasteiger partial charge in [-0.15, -0.1) is 24.0 Å². The van der Waals surface area contributed by atoms with Crippen LogP contribution >= 0.6 is 24.0 Å². The Labute approximate surface area is 173 Å². The molecule has 152 valence electrons. The van der Waals surface area contributed by atoms with E-state index in [4.69, 9.17) is 9.47 Å². The molecule has 6 nitrogen and oxygen atoms in total. The van der Waals surface area contributed by atoms with Gasteiger partial charge in [0.1, 0.15) is 6.61 Å². The van der Waals surface area contributed by atoms with Gasteiger partial charge < -0.3 is 19.7 Å². The van der Waals surface area contributed by atoms with E-state index in [0.717, 1.165) is 57.4 Å². The molecule has 0 radical (unpaired) electrons. The highest BCUT2D eigenvalue weighted by Gasteiger charge is 2.42. The summed E-state index contributed by atoms with van der Waals surface area (Å²) in [5.74, 6) is 0.968. The second-order valence-corrected chi connectivity index (χ2v) is 6.68. The van der Waals surface area contributed by atoms with Crippen LogP contribution in [0.1, 0.15) is 18.4 Å². The lowest BCUT2D eigenvalue weighted by molar-refractivity contribution is -0.137. The third kappa shape index (κ3) is 5.59. The Hall–Kier alpha value is -1.30. The van der Waals surface area contributed by atoms with Gasteiger partial charge in [0.2, 0.25) is 5.88 Å². The highest BCUT2D eigenvalue weighted by atomic mass is 127. The highest BCUT2D eigenvalue weighted by Crippen LogP contribution is 2.38. The van der Waals surface area contributed by atoms with Crippen molar-refractivity contribution in [1.82, 2.24) is 15.2 Å². The van der Waals surface area contributed by atoms with E-state index in [-0.39, 0.29) is 41.9 Å². The standard InChI is InChI=1S/C17H23F3N4O2.HI/c1-21-15(24-7-4-16(11-24)5-8-25-12-16)22-6-9-26-14-3-2-13(10-23-14)17(18,19)20;/h2-3,10H,4-9,11-12H2,1H3,(H,21,22);1H. The summed E-state index contributed by atoms with van der Waals surface area (Å²) in [6.07, 6.45) is -1.44. The summed E-state index contributed by atoms with van der Waals surface area (Å²) in [5, 5.41) is 3.23. The van der Waals surface area contributed by atoms with Crippen LogP contribution in [0.2, 0.25) is 0 Å². The van der Waals surface area contributed by atoms with E-state index in [9.17, 15) is 13.2 Å². The third-order valence-corrected chi connectivity index (χ3v) is 4.83. The summed E-state index contributed by atoms with van der Waals surface area (Å²) in [6, 6.07) is 2.18. The monoisotopic (exact) mass is 500 g/mol. The van der Waals surface area contributed by atoms with Gasteiger partial charge in [0.05, 0.1) is 18.7 Å². The number of hydrogen-bond acceptors (Lipinski definition) is 4. The minimum Gasteiger partial charge on any atom is -0.476 e. The predicted molar refractivity (Wildman–Crippen MR) is 106 cm³/mol. The maximum atomic E-state index is 12.5. The molecule has 3 rings (SSSR count). The van der Waals surface area contributed by atoms with Crippen molar-refractivity contribution in [1.29, 1.82) is 0 Å². The number of aliphatic imine (C=N–C) groups is 1. The van der Waals surface area contributed by atoms with Crippen LogP contribution in [0.4, 0.5) is 13.2 Å². The van der Waals surface area contributed by atoms with Crippen molar-refractivity contribution < 1.29 is 22.6 Å². The Morgan fingerprint density at radius 2 is 2.22 bits per heavy atom. The Morgan fingerprint density at radius 3 is 2.81 bits per heavy atom. The van der Waals surface area contributed by atoms with Crippen molar-refractivity contribution in [2.75, 3.05) is 46.5 Å². The fourth-order valence-electron chi connectivity index (χ4n) is 3.37. The van der Waals surface area contributed by atoms with Crippen LogP contribution in [-0.2, 0) is 10.9 Å². The van der Waals surface area contributed by atoms with Gasteiger partial charge in [0.25, 0.3) is 0 Å². The Morgan fingerprint density at radius 1 is 1.41 bits per heavy atom. The molecule has 0 bridgehead atoms. The molecule has 2 aliphatic rings. The molecule has 1 aromatic heterocycles. The van der Waals surface area contributed by atoms with E-state index >= 15 is 0 Å². The summed E-state index contributed by atoms with van der Waals surface area (Å²) in [6.45, 7) is 4.25. The van der Waals surface area contributed by atoms with Crippen molar-refractivity contribution in [3.63, 3.8) is 0 Å². The van der Waals surface area contributed by atoms with Crippen LogP contribution in [0.3, 0.4) is 0 Å².